The molecule has 82 valence electrons. The zero-order chi connectivity index (χ0) is 10.2. The van der Waals surface area contributed by atoms with Crippen molar-refractivity contribution in [2.24, 2.45) is 17.8 Å². The van der Waals surface area contributed by atoms with Crippen molar-refractivity contribution in [2.45, 2.75) is 44.9 Å². The first-order valence-electron chi connectivity index (χ1n) is 6.03. The van der Waals surface area contributed by atoms with Crippen LogP contribution in [0.15, 0.2) is 0 Å². The largest absolute Gasteiger partial charge is 0.302 e. The molecule has 0 aromatic carbocycles. The molecule has 2 rings (SSSR count). The maximum absolute atomic E-state index is 3.80. The Kier molecular flexibility index (Phi) is 3.13. The molecule has 1 saturated heterocycles. The molecule has 1 N–H and O–H groups in total. The molecule has 1 spiro atoms. The standard InChI is InChI=1S/C12H23NS/c1-9(2)11-5-4-10(3)8-12(11)13-6-7-14-12/h9-11,13H,4-8H2,1-3H3. The SMILES string of the molecule is CC1CCC(C(C)C)C2(C1)NCCS2. The van der Waals surface area contributed by atoms with E-state index in [1.165, 1.54) is 31.6 Å². The lowest BCUT2D eigenvalue weighted by Gasteiger charge is -2.45. The average molecular weight is 213 g/mol. The van der Waals surface area contributed by atoms with Crippen molar-refractivity contribution in [2.75, 3.05) is 12.3 Å². The zero-order valence-electron chi connectivity index (χ0n) is 9.68. The van der Waals surface area contributed by atoms with Crippen LogP contribution in [0.25, 0.3) is 0 Å². The van der Waals surface area contributed by atoms with E-state index in [1.807, 2.05) is 0 Å². The van der Waals surface area contributed by atoms with E-state index in [0.717, 1.165) is 17.8 Å². The lowest BCUT2D eigenvalue weighted by Crippen LogP contribution is -2.50. The number of hydrogen-bond donors (Lipinski definition) is 1. The zero-order valence-corrected chi connectivity index (χ0v) is 10.5. The van der Waals surface area contributed by atoms with Gasteiger partial charge in [-0.2, -0.15) is 0 Å². The maximum Gasteiger partial charge on any atom is 0.0679 e. The van der Waals surface area contributed by atoms with Crippen LogP contribution < -0.4 is 5.32 Å². The van der Waals surface area contributed by atoms with Crippen molar-refractivity contribution >= 4 is 11.8 Å². The number of hydrogen-bond acceptors (Lipinski definition) is 2. The normalized spacial score (nSPS) is 43.7. The Morgan fingerprint density at radius 3 is 2.71 bits per heavy atom. The first-order chi connectivity index (χ1) is 6.64. The van der Waals surface area contributed by atoms with Crippen molar-refractivity contribution in [1.29, 1.82) is 0 Å². The second kappa shape index (κ2) is 4.05. The van der Waals surface area contributed by atoms with Gasteiger partial charge in [0.2, 0.25) is 0 Å². The van der Waals surface area contributed by atoms with Crippen LogP contribution in [0, 0.1) is 17.8 Å². The summed E-state index contributed by atoms with van der Waals surface area (Å²) in [6, 6.07) is 0. The van der Waals surface area contributed by atoms with E-state index in [2.05, 4.69) is 37.8 Å². The molecule has 14 heavy (non-hydrogen) atoms. The van der Waals surface area contributed by atoms with Crippen molar-refractivity contribution < 1.29 is 0 Å². The summed E-state index contributed by atoms with van der Waals surface area (Å²) in [5, 5.41) is 3.80. The molecule has 1 nitrogen and oxygen atoms in total. The molecule has 0 aromatic rings. The molecule has 3 unspecified atom stereocenters. The van der Waals surface area contributed by atoms with Gasteiger partial charge in [0.1, 0.15) is 0 Å². The third-order valence-electron chi connectivity index (χ3n) is 3.91. The number of thioether (sulfide) groups is 1. The summed E-state index contributed by atoms with van der Waals surface area (Å²) in [5.74, 6) is 3.96. The lowest BCUT2D eigenvalue weighted by atomic mass is 9.73. The maximum atomic E-state index is 3.80. The first kappa shape index (κ1) is 10.8. The van der Waals surface area contributed by atoms with E-state index < -0.39 is 0 Å². The molecule has 3 atom stereocenters. The Morgan fingerprint density at radius 1 is 1.36 bits per heavy atom. The van der Waals surface area contributed by atoms with Crippen molar-refractivity contribution in [3.63, 3.8) is 0 Å². The Hall–Kier alpha value is 0.310. The van der Waals surface area contributed by atoms with Crippen molar-refractivity contribution in [1.82, 2.24) is 5.32 Å². The van der Waals surface area contributed by atoms with Crippen LogP contribution in [0.4, 0.5) is 0 Å². The van der Waals surface area contributed by atoms with Gasteiger partial charge in [-0.3, -0.25) is 0 Å². The average Bonchev–Trinajstić information content (AvgIpc) is 2.52. The summed E-state index contributed by atoms with van der Waals surface area (Å²) >= 11 is 2.19. The molecule has 1 aliphatic heterocycles. The quantitative estimate of drug-likeness (QED) is 0.718. The minimum atomic E-state index is 0.450. The number of rotatable bonds is 1. The topological polar surface area (TPSA) is 12.0 Å². The highest BCUT2D eigenvalue weighted by atomic mass is 32.2. The summed E-state index contributed by atoms with van der Waals surface area (Å²) in [4.78, 5) is 0.450. The van der Waals surface area contributed by atoms with E-state index in [-0.39, 0.29) is 0 Å². The molecule has 0 aromatic heterocycles. The fourth-order valence-corrected chi connectivity index (χ4v) is 5.04. The minimum Gasteiger partial charge on any atom is -0.302 e. The molecule has 2 heteroatoms. The fraction of sp³-hybridized carbons (Fsp3) is 1.00. The first-order valence-corrected chi connectivity index (χ1v) is 7.01. The Balaban J connectivity index is 2.14. The van der Waals surface area contributed by atoms with Crippen LogP contribution in [0.2, 0.25) is 0 Å². The van der Waals surface area contributed by atoms with Gasteiger partial charge < -0.3 is 5.32 Å². The minimum absolute atomic E-state index is 0.450. The van der Waals surface area contributed by atoms with Gasteiger partial charge in [-0.1, -0.05) is 27.2 Å². The summed E-state index contributed by atoms with van der Waals surface area (Å²) in [6.45, 7) is 8.42. The third-order valence-corrected chi connectivity index (χ3v) is 5.45. The highest BCUT2D eigenvalue weighted by Gasteiger charge is 2.46. The van der Waals surface area contributed by atoms with Gasteiger partial charge in [-0.25, -0.2) is 0 Å². The van der Waals surface area contributed by atoms with Gasteiger partial charge in [0.15, 0.2) is 0 Å². The molecule has 2 fully saturated rings. The molecule has 0 amide bonds. The van der Waals surface area contributed by atoms with Crippen LogP contribution in [0.5, 0.6) is 0 Å². The molecular formula is C12H23NS. The summed E-state index contributed by atoms with van der Waals surface area (Å²) in [7, 11) is 0. The van der Waals surface area contributed by atoms with Crippen molar-refractivity contribution in [3.8, 4) is 0 Å². The summed E-state index contributed by atoms with van der Waals surface area (Å²) in [5.41, 5.74) is 0. The summed E-state index contributed by atoms with van der Waals surface area (Å²) < 4.78 is 0. The van der Waals surface area contributed by atoms with E-state index in [1.54, 1.807) is 0 Å². The molecular weight excluding hydrogens is 190 g/mol. The van der Waals surface area contributed by atoms with E-state index in [9.17, 15) is 0 Å². The predicted molar refractivity (Wildman–Crippen MR) is 64.5 cm³/mol. The highest BCUT2D eigenvalue weighted by Crippen LogP contribution is 2.49. The van der Waals surface area contributed by atoms with Gasteiger partial charge >= 0.3 is 0 Å². The van der Waals surface area contributed by atoms with Crippen LogP contribution in [0.3, 0.4) is 0 Å². The van der Waals surface area contributed by atoms with Gasteiger partial charge in [0.25, 0.3) is 0 Å². The van der Waals surface area contributed by atoms with E-state index >= 15 is 0 Å². The third kappa shape index (κ3) is 1.83. The molecule has 1 heterocycles. The molecule has 0 radical (unpaired) electrons. The molecule has 1 aliphatic carbocycles. The second-order valence-electron chi connectivity index (χ2n) is 5.40. The van der Waals surface area contributed by atoms with Crippen LogP contribution in [-0.2, 0) is 0 Å². The second-order valence-corrected chi connectivity index (χ2v) is 6.83. The van der Waals surface area contributed by atoms with Crippen LogP contribution >= 0.6 is 11.8 Å². The highest BCUT2D eigenvalue weighted by molar-refractivity contribution is 8.00. The predicted octanol–water partition coefficient (Wildman–Crippen LogP) is 3.11. The van der Waals surface area contributed by atoms with Gasteiger partial charge in [-0.05, 0) is 30.6 Å². The van der Waals surface area contributed by atoms with Gasteiger partial charge in [0.05, 0.1) is 4.87 Å². The Labute approximate surface area is 92.4 Å². The lowest BCUT2D eigenvalue weighted by molar-refractivity contribution is 0.153. The molecule has 2 aliphatic rings. The molecule has 0 bridgehead atoms. The monoisotopic (exact) mass is 213 g/mol. The van der Waals surface area contributed by atoms with Gasteiger partial charge in [-0.15, -0.1) is 11.8 Å². The summed E-state index contributed by atoms with van der Waals surface area (Å²) in [6.07, 6.45) is 4.26. The van der Waals surface area contributed by atoms with Crippen LogP contribution in [0.1, 0.15) is 40.0 Å². The Bertz CT molecular complexity index is 196. The fourth-order valence-electron chi connectivity index (χ4n) is 3.26. The van der Waals surface area contributed by atoms with Gasteiger partial charge in [0, 0.05) is 12.3 Å². The van der Waals surface area contributed by atoms with Crippen LogP contribution in [-0.4, -0.2) is 17.2 Å². The number of nitrogens with one attached hydrogen (secondary N) is 1. The Morgan fingerprint density at radius 2 is 2.14 bits per heavy atom. The molecule has 1 saturated carbocycles. The van der Waals surface area contributed by atoms with E-state index in [4.69, 9.17) is 0 Å². The van der Waals surface area contributed by atoms with Crippen molar-refractivity contribution in [3.05, 3.63) is 0 Å². The van der Waals surface area contributed by atoms with E-state index in [0.29, 0.717) is 4.87 Å². The smallest absolute Gasteiger partial charge is 0.0679 e.